The first-order valence-electron chi connectivity index (χ1n) is 7.96. The molecule has 0 fully saturated rings. The van der Waals surface area contributed by atoms with E-state index in [4.69, 9.17) is 0 Å². The molecule has 0 radical (unpaired) electrons. The van der Waals surface area contributed by atoms with Crippen LogP contribution in [0.5, 0.6) is 0 Å². The first-order valence-corrected chi connectivity index (χ1v) is 7.96. The summed E-state index contributed by atoms with van der Waals surface area (Å²) >= 11 is 0. The van der Waals surface area contributed by atoms with Crippen LogP contribution < -0.4 is 17.7 Å². The van der Waals surface area contributed by atoms with Crippen molar-refractivity contribution < 1.29 is 17.0 Å². The van der Waals surface area contributed by atoms with Gasteiger partial charge in [0.2, 0.25) is 5.69 Å². The molecule has 1 aliphatic heterocycles. The van der Waals surface area contributed by atoms with E-state index in [1.165, 1.54) is 17.0 Å². The van der Waals surface area contributed by atoms with Gasteiger partial charge < -0.3 is 17.7 Å². The number of rotatable bonds is 4. The zero-order chi connectivity index (χ0) is 16.3. The van der Waals surface area contributed by atoms with Crippen LogP contribution in [0.2, 0.25) is 0 Å². The van der Waals surface area contributed by atoms with Gasteiger partial charge in [-0.1, -0.05) is 42.5 Å². The molecule has 0 unspecified atom stereocenters. The number of fused-ring (bicyclic) bond motifs is 1. The third kappa shape index (κ3) is 3.44. The Hall–Kier alpha value is -2.32. The summed E-state index contributed by atoms with van der Waals surface area (Å²) in [6.07, 6.45) is 8.28. The highest BCUT2D eigenvalue weighted by Gasteiger charge is 2.42. The number of benzene rings is 2. The van der Waals surface area contributed by atoms with Crippen LogP contribution in [0.4, 0.5) is 11.4 Å². The Morgan fingerprint density at radius 3 is 2.29 bits per heavy atom. The topological polar surface area (TPSA) is 15.0 Å². The van der Waals surface area contributed by atoms with Crippen molar-refractivity contribution in [1.82, 2.24) is 0 Å². The van der Waals surface area contributed by atoms with Crippen LogP contribution in [0.3, 0.4) is 0 Å². The predicted octanol–water partition coefficient (Wildman–Crippen LogP) is 1.88. The Bertz CT molecular complexity index is 786. The quantitative estimate of drug-likeness (QED) is 0.664. The molecule has 1 heterocycles. The molecule has 2 aromatic carbocycles. The fraction of sp³-hybridized carbons (Fsp3) is 0.190. The first kappa shape index (κ1) is 18.0. The lowest BCUT2D eigenvalue weighted by Crippen LogP contribution is -3.00. The van der Waals surface area contributed by atoms with Crippen LogP contribution in [0.25, 0.3) is 0 Å². The van der Waals surface area contributed by atoms with Crippen LogP contribution in [0, 0.1) is 0 Å². The average molecular weight is 339 g/mol. The van der Waals surface area contributed by atoms with Crippen LogP contribution in [0.15, 0.2) is 79.0 Å². The summed E-state index contributed by atoms with van der Waals surface area (Å²) in [4.78, 5) is 0. The van der Waals surface area contributed by atoms with Crippen molar-refractivity contribution in [3.8, 4) is 0 Å². The zero-order valence-electron chi connectivity index (χ0n) is 14.3. The van der Waals surface area contributed by atoms with Crippen molar-refractivity contribution in [2.45, 2.75) is 19.3 Å². The number of hydrogen-bond donors (Lipinski definition) is 1. The summed E-state index contributed by atoms with van der Waals surface area (Å²) in [6, 6.07) is 18.8. The van der Waals surface area contributed by atoms with Crippen LogP contribution in [-0.4, -0.2) is 17.3 Å². The van der Waals surface area contributed by atoms with Gasteiger partial charge in [0.15, 0.2) is 5.71 Å². The lowest BCUT2D eigenvalue weighted by Gasteiger charge is -2.14. The fourth-order valence-corrected chi connectivity index (χ4v) is 3.18. The largest absolute Gasteiger partial charge is 1.00 e. The molecule has 0 aromatic heterocycles. The van der Waals surface area contributed by atoms with E-state index in [1.54, 1.807) is 0 Å². The lowest BCUT2D eigenvalue weighted by molar-refractivity contribution is -0.401. The highest BCUT2D eigenvalue weighted by atomic mass is 35.5. The molecule has 3 rings (SSSR count). The number of anilines is 1. The molecule has 124 valence electrons. The maximum Gasteiger partial charge on any atom is 0.209 e. The van der Waals surface area contributed by atoms with E-state index < -0.39 is 0 Å². The third-order valence-corrected chi connectivity index (χ3v) is 4.43. The molecular weight excluding hydrogens is 316 g/mol. The molecule has 0 aliphatic carbocycles. The molecular formula is C21H23ClN2. The Morgan fingerprint density at radius 2 is 1.58 bits per heavy atom. The van der Waals surface area contributed by atoms with E-state index >= 15 is 0 Å². The minimum atomic E-state index is 0. The summed E-state index contributed by atoms with van der Waals surface area (Å²) in [5, 5.41) is 3.26. The van der Waals surface area contributed by atoms with Gasteiger partial charge in [-0.2, -0.15) is 4.58 Å². The van der Waals surface area contributed by atoms with Gasteiger partial charge in [0, 0.05) is 29.6 Å². The first-order chi connectivity index (χ1) is 11.1. The molecule has 0 saturated carbocycles. The monoisotopic (exact) mass is 338 g/mol. The molecule has 0 spiro atoms. The summed E-state index contributed by atoms with van der Waals surface area (Å²) in [5.41, 5.74) is 5.11. The van der Waals surface area contributed by atoms with Crippen molar-refractivity contribution in [3.63, 3.8) is 0 Å². The van der Waals surface area contributed by atoms with Gasteiger partial charge in [0.25, 0.3) is 0 Å². The maximum absolute atomic E-state index is 3.26. The molecule has 2 nitrogen and oxygen atoms in total. The van der Waals surface area contributed by atoms with E-state index in [0.29, 0.717) is 0 Å². The maximum atomic E-state index is 3.26. The molecule has 0 atom stereocenters. The molecule has 0 saturated heterocycles. The van der Waals surface area contributed by atoms with E-state index in [0.717, 1.165) is 5.69 Å². The summed E-state index contributed by atoms with van der Waals surface area (Å²) < 4.78 is 2.28. The van der Waals surface area contributed by atoms with Gasteiger partial charge >= 0.3 is 0 Å². The molecule has 1 aliphatic rings. The number of halogens is 1. The number of nitrogens with zero attached hydrogens (tertiary/aromatic N) is 1. The number of nitrogens with one attached hydrogen (secondary N) is 1. The van der Waals surface area contributed by atoms with Gasteiger partial charge in [0.1, 0.15) is 7.05 Å². The Labute approximate surface area is 150 Å². The van der Waals surface area contributed by atoms with E-state index in [-0.39, 0.29) is 17.8 Å². The Balaban J connectivity index is 0.00000208. The van der Waals surface area contributed by atoms with Gasteiger partial charge in [-0.3, -0.25) is 0 Å². The SMILES string of the molecule is C[N+]1=C(/C=C/C=C/Nc2ccccc2)C(C)(C)c2ccccc21.[Cl-]. The van der Waals surface area contributed by atoms with Crippen LogP contribution in [-0.2, 0) is 5.41 Å². The number of allylic oxidation sites excluding steroid dienone is 3. The van der Waals surface area contributed by atoms with E-state index in [2.05, 4.69) is 67.2 Å². The number of para-hydroxylation sites is 2. The van der Waals surface area contributed by atoms with Gasteiger partial charge in [-0.05, 0) is 32.1 Å². The van der Waals surface area contributed by atoms with Crippen molar-refractivity contribution in [2.24, 2.45) is 0 Å². The smallest absolute Gasteiger partial charge is 0.209 e. The standard InChI is InChI=1S/C21H22N2.ClH/c1-21(2)18-13-7-8-14-19(18)23(3)20(21)15-9-10-16-22-17-11-5-4-6-12-17;/h4-16H,1-3H3;1H. The second-order valence-electron chi connectivity index (χ2n) is 6.32. The lowest BCUT2D eigenvalue weighted by atomic mass is 9.81. The summed E-state index contributed by atoms with van der Waals surface area (Å²) in [7, 11) is 2.14. The minimum absolute atomic E-state index is 0. The third-order valence-electron chi connectivity index (χ3n) is 4.43. The van der Waals surface area contributed by atoms with E-state index in [9.17, 15) is 0 Å². The summed E-state index contributed by atoms with van der Waals surface area (Å²) in [6.45, 7) is 4.56. The Kier molecular flexibility index (Phi) is 5.63. The van der Waals surface area contributed by atoms with E-state index in [1.807, 2.05) is 42.6 Å². The Morgan fingerprint density at radius 1 is 0.917 bits per heavy atom. The van der Waals surface area contributed by atoms with Crippen LogP contribution in [0.1, 0.15) is 19.4 Å². The van der Waals surface area contributed by atoms with Gasteiger partial charge in [-0.15, -0.1) is 0 Å². The summed E-state index contributed by atoms with van der Waals surface area (Å²) in [5.74, 6) is 0. The van der Waals surface area contributed by atoms with Crippen molar-refractivity contribution in [1.29, 1.82) is 0 Å². The highest BCUT2D eigenvalue weighted by molar-refractivity contribution is 6.03. The predicted molar refractivity (Wildman–Crippen MR) is 98.7 cm³/mol. The molecule has 2 aromatic rings. The minimum Gasteiger partial charge on any atom is -1.00 e. The van der Waals surface area contributed by atoms with Crippen molar-refractivity contribution >= 4 is 17.1 Å². The molecule has 1 N–H and O–H groups in total. The van der Waals surface area contributed by atoms with Crippen molar-refractivity contribution in [3.05, 3.63) is 84.6 Å². The number of hydrogen-bond acceptors (Lipinski definition) is 1. The molecule has 24 heavy (non-hydrogen) atoms. The van der Waals surface area contributed by atoms with Crippen LogP contribution >= 0.6 is 0 Å². The molecule has 0 bridgehead atoms. The molecule has 0 amide bonds. The normalized spacial score (nSPS) is 15.6. The van der Waals surface area contributed by atoms with Crippen molar-refractivity contribution in [2.75, 3.05) is 12.4 Å². The highest BCUT2D eigenvalue weighted by Crippen LogP contribution is 2.38. The second kappa shape index (κ2) is 7.50. The van der Waals surface area contributed by atoms with Gasteiger partial charge in [-0.25, -0.2) is 0 Å². The average Bonchev–Trinajstić information content (AvgIpc) is 2.76. The molecule has 3 heteroatoms. The fourth-order valence-electron chi connectivity index (χ4n) is 3.18. The second-order valence-corrected chi connectivity index (χ2v) is 6.32. The zero-order valence-corrected chi connectivity index (χ0v) is 15.1. The van der Waals surface area contributed by atoms with Gasteiger partial charge in [0.05, 0.1) is 5.41 Å².